The fraction of sp³-hybridized carbons (Fsp3) is 0.424. The molecule has 6 rings (SSSR count). The summed E-state index contributed by atoms with van der Waals surface area (Å²) < 4.78 is 42.2. The van der Waals surface area contributed by atoms with Crippen molar-refractivity contribution in [3.8, 4) is 5.75 Å². The number of carbonyl (C=O) groups is 2. The summed E-state index contributed by atoms with van der Waals surface area (Å²) in [6.07, 6.45) is 1.98. The normalized spacial score (nSPS) is 19.9. The molecule has 1 amide bonds. The number of carbonyl (C=O) groups excluding carboxylic acids is 2. The summed E-state index contributed by atoms with van der Waals surface area (Å²) in [6.45, 7) is 4.76. The highest BCUT2D eigenvalue weighted by atomic mass is 32.2. The van der Waals surface area contributed by atoms with E-state index in [0.29, 0.717) is 74.9 Å². The number of nitrogens with one attached hydrogen (secondary N) is 1. The van der Waals surface area contributed by atoms with Crippen molar-refractivity contribution >= 4 is 33.3 Å². The number of sulfonamides is 1. The Kier molecular flexibility index (Phi) is 8.59. The average Bonchev–Trinajstić information content (AvgIpc) is 3.05. The molecule has 0 saturated carbocycles. The number of hydrogen-bond acceptors (Lipinski definition) is 8. The van der Waals surface area contributed by atoms with Gasteiger partial charge in [0.25, 0.3) is 21.5 Å². The highest BCUT2D eigenvalue weighted by Crippen LogP contribution is 2.40. The number of fused-ring (bicyclic) bond motifs is 4. The Labute approximate surface area is 262 Å². The maximum atomic E-state index is 13.6. The fourth-order valence-corrected chi connectivity index (χ4v) is 7.90. The van der Waals surface area contributed by atoms with Gasteiger partial charge in [-0.05, 0) is 80.6 Å². The lowest BCUT2D eigenvalue weighted by molar-refractivity contribution is -0.149. The van der Waals surface area contributed by atoms with Gasteiger partial charge >= 0.3 is 5.97 Å². The van der Waals surface area contributed by atoms with Crippen LogP contribution in [0, 0.1) is 11.8 Å². The van der Waals surface area contributed by atoms with Crippen molar-refractivity contribution in [3.63, 3.8) is 0 Å². The van der Waals surface area contributed by atoms with Crippen molar-refractivity contribution in [2.24, 2.45) is 11.8 Å². The molecule has 3 aliphatic rings. The summed E-state index contributed by atoms with van der Waals surface area (Å²) >= 11 is 0. The van der Waals surface area contributed by atoms with Crippen LogP contribution in [0.15, 0.2) is 70.4 Å². The molecule has 4 heterocycles. The van der Waals surface area contributed by atoms with Crippen LogP contribution in [0.25, 0.3) is 0 Å². The molecule has 238 valence electrons. The molecule has 45 heavy (non-hydrogen) atoms. The second kappa shape index (κ2) is 12.6. The lowest BCUT2D eigenvalue weighted by Crippen LogP contribution is -2.47. The summed E-state index contributed by atoms with van der Waals surface area (Å²) in [5, 5.41) is 0. The van der Waals surface area contributed by atoms with Crippen LogP contribution in [0.1, 0.15) is 48.2 Å². The number of pyridine rings is 1. The summed E-state index contributed by atoms with van der Waals surface area (Å²) in [5.41, 5.74) is 2.32. The number of anilines is 2. The van der Waals surface area contributed by atoms with Gasteiger partial charge in [-0.3, -0.25) is 19.1 Å². The number of methoxy groups -OCH3 is 1. The number of amides is 1. The second-order valence-corrected chi connectivity index (χ2v) is 13.6. The van der Waals surface area contributed by atoms with Crippen molar-refractivity contribution in [1.82, 2.24) is 9.47 Å². The average molecular weight is 635 g/mol. The number of likely N-dealkylation sites (tertiary alicyclic amines) is 1. The van der Waals surface area contributed by atoms with E-state index in [1.807, 2.05) is 16.7 Å². The molecule has 0 spiro atoms. The summed E-state index contributed by atoms with van der Waals surface area (Å²) in [7, 11) is -2.50. The van der Waals surface area contributed by atoms with Gasteiger partial charge in [0.1, 0.15) is 5.75 Å². The number of rotatable bonds is 8. The summed E-state index contributed by atoms with van der Waals surface area (Å²) in [6, 6.07) is 16.6. The first-order valence-electron chi connectivity index (χ1n) is 15.4. The number of esters is 1. The van der Waals surface area contributed by atoms with Gasteiger partial charge in [-0.2, -0.15) is 0 Å². The number of nitrogens with zero attached hydrogens (tertiary/aromatic N) is 3. The molecule has 3 aliphatic heterocycles. The number of hydrogen-bond donors (Lipinski definition) is 1. The third-order valence-electron chi connectivity index (χ3n) is 9.08. The van der Waals surface area contributed by atoms with E-state index >= 15 is 0 Å². The van der Waals surface area contributed by atoms with E-state index in [-0.39, 0.29) is 40.1 Å². The maximum absolute atomic E-state index is 13.6. The Morgan fingerprint density at radius 2 is 1.73 bits per heavy atom. The quantitative estimate of drug-likeness (QED) is 0.372. The molecule has 11 nitrogen and oxygen atoms in total. The summed E-state index contributed by atoms with van der Waals surface area (Å²) in [5.74, 6) is 0.167. The van der Waals surface area contributed by atoms with Crippen LogP contribution < -0.4 is 19.9 Å². The zero-order valence-corrected chi connectivity index (χ0v) is 26.3. The Balaban J connectivity index is 1.30. The zero-order valence-electron chi connectivity index (χ0n) is 25.5. The minimum absolute atomic E-state index is 0.00209. The Hall–Kier alpha value is -4.32. The molecular weight excluding hydrogens is 596 g/mol. The minimum Gasteiger partial charge on any atom is -0.497 e. The maximum Gasteiger partial charge on any atom is 0.309 e. The first-order valence-corrected chi connectivity index (χ1v) is 16.9. The Morgan fingerprint density at radius 3 is 2.44 bits per heavy atom. The number of aromatic nitrogens is 1. The van der Waals surface area contributed by atoms with Crippen molar-refractivity contribution in [1.29, 1.82) is 0 Å². The molecule has 2 aromatic carbocycles. The predicted molar refractivity (Wildman–Crippen MR) is 169 cm³/mol. The first kappa shape index (κ1) is 30.7. The fourth-order valence-electron chi connectivity index (χ4n) is 6.84. The van der Waals surface area contributed by atoms with Crippen LogP contribution in [-0.4, -0.2) is 69.7 Å². The molecule has 2 atom stereocenters. The molecule has 2 unspecified atom stereocenters. The highest BCUT2D eigenvalue weighted by molar-refractivity contribution is 7.92. The Morgan fingerprint density at radius 1 is 0.978 bits per heavy atom. The lowest BCUT2D eigenvalue weighted by atomic mass is 9.83. The standard InChI is InChI=1S/C33H38N4O7S/c1-3-44-33(40)23-13-15-35(16-14-23)32(39)24-7-12-30(28(18-24)34-45(41,42)27-10-8-26(43-2)9-11-27)36-19-22-17-25(21-36)29-5-4-6-31(38)37(29)20-22/h4-12,18,22-23,25,34H,3,13-17,19-21H2,1-2H3. The van der Waals surface area contributed by atoms with E-state index in [1.165, 1.54) is 19.2 Å². The number of benzene rings is 2. The van der Waals surface area contributed by atoms with Crippen LogP contribution in [0.3, 0.4) is 0 Å². The molecule has 0 aliphatic carbocycles. The first-order chi connectivity index (χ1) is 21.7. The smallest absolute Gasteiger partial charge is 0.309 e. The van der Waals surface area contributed by atoms with Crippen LogP contribution >= 0.6 is 0 Å². The minimum atomic E-state index is -4.02. The zero-order chi connectivity index (χ0) is 31.7. The molecule has 0 radical (unpaired) electrons. The highest BCUT2D eigenvalue weighted by Gasteiger charge is 2.36. The van der Waals surface area contributed by atoms with E-state index in [9.17, 15) is 22.8 Å². The largest absolute Gasteiger partial charge is 0.497 e. The van der Waals surface area contributed by atoms with Crippen molar-refractivity contribution in [2.75, 3.05) is 49.5 Å². The van der Waals surface area contributed by atoms with E-state index in [1.54, 1.807) is 48.2 Å². The molecule has 1 N–H and O–H groups in total. The van der Waals surface area contributed by atoms with E-state index in [4.69, 9.17) is 9.47 Å². The van der Waals surface area contributed by atoms with Crippen molar-refractivity contribution in [2.45, 2.75) is 43.5 Å². The predicted octanol–water partition coefficient (Wildman–Crippen LogP) is 3.70. The topological polar surface area (TPSA) is 127 Å². The molecular formula is C33H38N4O7S. The van der Waals surface area contributed by atoms with Crippen LogP contribution in [-0.2, 0) is 26.1 Å². The van der Waals surface area contributed by atoms with Crippen molar-refractivity contribution < 1.29 is 27.5 Å². The van der Waals surface area contributed by atoms with Gasteiger partial charge < -0.3 is 23.8 Å². The van der Waals surface area contributed by atoms with Gasteiger partial charge in [0.15, 0.2) is 0 Å². The molecule has 12 heteroatoms. The van der Waals surface area contributed by atoms with Crippen LogP contribution in [0.4, 0.5) is 11.4 Å². The van der Waals surface area contributed by atoms with Gasteiger partial charge in [-0.15, -0.1) is 0 Å². The molecule has 2 saturated heterocycles. The molecule has 1 aromatic heterocycles. The van der Waals surface area contributed by atoms with Gasteiger partial charge in [0, 0.05) is 56.0 Å². The van der Waals surface area contributed by atoms with E-state index in [2.05, 4.69) is 9.62 Å². The molecule has 2 bridgehead atoms. The second-order valence-electron chi connectivity index (χ2n) is 11.9. The van der Waals surface area contributed by atoms with E-state index < -0.39 is 10.0 Å². The number of ether oxygens (including phenoxy) is 2. The van der Waals surface area contributed by atoms with Gasteiger partial charge in [-0.25, -0.2) is 8.42 Å². The van der Waals surface area contributed by atoms with Crippen LogP contribution in [0.2, 0.25) is 0 Å². The van der Waals surface area contributed by atoms with Crippen molar-refractivity contribution in [3.05, 3.63) is 82.3 Å². The molecule has 3 aromatic rings. The molecule has 2 fully saturated rings. The number of piperidine rings is 2. The van der Waals surface area contributed by atoms with Gasteiger partial charge in [-0.1, -0.05) is 6.07 Å². The van der Waals surface area contributed by atoms with Gasteiger partial charge in [0.05, 0.1) is 35.9 Å². The van der Waals surface area contributed by atoms with Gasteiger partial charge in [0.2, 0.25) is 0 Å². The monoisotopic (exact) mass is 634 g/mol. The third kappa shape index (κ3) is 6.28. The SMILES string of the molecule is CCOC(=O)C1CCN(C(=O)c2ccc(N3CC4CC(C3)c3cccc(=O)n3C4)c(NS(=O)(=O)c3ccc(OC)cc3)c2)CC1. The van der Waals surface area contributed by atoms with Crippen LogP contribution in [0.5, 0.6) is 5.75 Å². The summed E-state index contributed by atoms with van der Waals surface area (Å²) in [4.78, 5) is 42.3. The third-order valence-corrected chi connectivity index (χ3v) is 10.5. The lowest BCUT2D eigenvalue weighted by Gasteiger charge is -2.44. The Bertz CT molecular complexity index is 1750. The van der Waals surface area contributed by atoms with E-state index in [0.717, 1.165) is 12.1 Å².